The van der Waals surface area contributed by atoms with E-state index in [0.29, 0.717) is 6.42 Å². The van der Waals surface area contributed by atoms with Gasteiger partial charge in [-0.25, -0.2) is 0 Å². The minimum atomic E-state index is -4.76. The zero-order valence-electron chi connectivity index (χ0n) is 16.4. The van der Waals surface area contributed by atoms with E-state index in [1.807, 2.05) is 0 Å². The number of hydrogen-bond donors (Lipinski definition) is 2. The molecular weight excluding hydrogens is 374 g/mol. The monoisotopic (exact) mass is 409 g/mol. The number of esters is 2. The number of hydrogen-bond acceptors (Lipinski definition) is 7. The lowest BCUT2D eigenvalue weighted by atomic mass is 10.1. The van der Waals surface area contributed by atoms with E-state index in [-0.39, 0.29) is 19.8 Å². The van der Waals surface area contributed by atoms with Crippen LogP contribution in [-0.4, -0.2) is 49.9 Å². The molecule has 27 heavy (non-hydrogen) atoms. The molecule has 1 unspecified atom stereocenters. The van der Waals surface area contributed by atoms with E-state index >= 15 is 0 Å². The number of rotatable bonds is 17. The van der Waals surface area contributed by atoms with Gasteiger partial charge in [-0.3, -0.25) is 14.1 Å². The first-order valence-electron chi connectivity index (χ1n) is 9.81. The van der Waals surface area contributed by atoms with Crippen molar-refractivity contribution >= 4 is 22.1 Å². The largest absolute Gasteiger partial charge is 0.466 e. The molecule has 0 aliphatic heterocycles. The Hall–Kier alpha value is -1.19. The minimum absolute atomic E-state index is 0.00707. The molecule has 0 rings (SSSR count). The van der Waals surface area contributed by atoms with Crippen molar-refractivity contribution in [2.24, 2.45) is 5.73 Å². The minimum Gasteiger partial charge on any atom is -0.466 e. The molecule has 0 saturated carbocycles. The summed E-state index contributed by atoms with van der Waals surface area (Å²) in [5.74, 6) is -2.07. The van der Waals surface area contributed by atoms with Gasteiger partial charge >= 0.3 is 11.9 Å². The van der Waals surface area contributed by atoms with Crippen LogP contribution in [0.4, 0.5) is 0 Å². The van der Waals surface area contributed by atoms with Crippen molar-refractivity contribution in [2.75, 3.05) is 19.8 Å². The van der Waals surface area contributed by atoms with Gasteiger partial charge in [-0.2, -0.15) is 8.42 Å². The highest BCUT2D eigenvalue weighted by molar-refractivity contribution is 7.87. The first-order chi connectivity index (χ1) is 12.8. The molecule has 0 radical (unpaired) electrons. The summed E-state index contributed by atoms with van der Waals surface area (Å²) in [5, 5.41) is -1.98. The molecule has 3 N–H and O–H groups in total. The van der Waals surface area contributed by atoms with E-state index in [2.05, 4.69) is 11.7 Å². The fourth-order valence-corrected chi connectivity index (χ4v) is 3.21. The van der Waals surface area contributed by atoms with Crippen LogP contribution < -0.4 is 5.73 Å². The van der Waals surface area contributed by atoms with Gasteiger partial charge in [0, 0.05) is 6.54 Å². The Balaban J connectivity index is 3.89. The lowest BCUT2D eigenvalue weighted by Crippen LogP contribution is -2.35. The fourth-order valence-electron chi connectivity index (χ4n) is 2.55. The maximum Gasteiger partial charge on any atom is 0.327 e. The summed E-state index contributed by atoms with van der Waals surface area (Å²) in [7, 11) is -4.76. The normalized spacial score (nSPS) is 12.6. The molecule has 0 bridgehead atoms. The average molecular weight is 410 g/mol. The van der Waals surface area contributed by atoms with Crippen molar-refractivity contribution in [1.82, 2.24) is 0 Å². The molecule has 0 saturated heterocycles. The molecule has 0 aliphatic carbocycles. The first kappa shape index (κ1) is 25.8. The van der Waals surface area contributed by atoms with Gasteiger partial charge in [-0.05, 0) is 6.42 Å². The van der Waals surface area contributed by atoms with Gasteiger partial charge < -0.3 is 15.2 Å². The SMILES string of the molecule is CCCCCCCCCCCCOC(=O)CC(C(=O)OCCN)S(=O)(=O)O. The lowest BCUT2D eigenvalue weighted by Gasteiger charge is -2.12. The second-order valence-electron chi connectivity index (χ2n) is 6.57. The quantitative estimate of drug-likeness (QED) is 0.213. The summed E-state index contributed by atoms with van der Waals surface area (Å²) in [6.45, 7) is 2.17. The molecule has 0 spiro atoms. The van der Waals surface area contributed by atoms with Crippen molar-refractivity contribution in [3.05, 3.63) is 0 Å². The standard InChI is InChI=1S/C18H35NO7S/c1-2-3-4-5-6-7-8-9-10-11-13-25-17(20)15-16(27(22,23)24)18(21)26-14-12-19/h16H,2-15,19H2,1H3,(H,22,23,24). The second kappa shape index (κ2) is 15.8. The van der Waals surface area contributed by atoms with E-state index in [4.69, 9.17) is 15.0 Å². The molecule has 0 aromatic heterocycles. The number of nitrogens with two attached hydrogens (primary N) is 1. The molecule has 1 atom stereocenters. The number of unbranched alkanes of at least 4 members (excludes halogenated alkanes) is 9. The zero-order valence-corrected chi connectivity index (χ0v) is 17.2. The second-order valence-corrected chi connectivity index (χ2v) is 8.17. The molecule has 0 amide bonds. The van der Waals surface area contributed by atoms with Gasteiger partial charge in [0.1, 0.15) is 6.61 Å². The number of carbonyl (C=O) groups excluding carboxylic acids is 2. The van der Waals surface area contributed by atoms with Gasteiger partial charge in [-0.1, -0.05) is 64.7 Å². The number of ether oxygens (including phenoxy) is 2. The molecule has 0 aromatic rings. The van der Waals surface area contributed by atoms with E-state index in [0.717, 1.165) is 19.3 Å². The van der Waals surface area contributed by atoms with Gasteiger partial charge in [0.15, 0.2) is 5.25 Å². The van der Waals surface area contributed by atoms with E-state index in [1.165, 1.54) is 38.5 Å². The predicted molar refractivity (Wildman–Crippen MR) is 103 cm³/mol. The summed E-state index contributed by atoms with van der Waals surface area (Å²) < 4.78 is 41.1. The maximum absolute atomic E-state index is 11.7. The summed E-state index contributed by atoms with van der Waals surface area (Å²) in [6, 6.07) is 0. The van der Waals surface area contributed by atoms with Crippen LogP contribution >= 0.6 is 0 Å². The molecule has 160 valence electrons. The summed E-state index contributed by atoms with van der Waals surface area (Å²) >= 11 is 0. The van der Waals surface area contributed by atoms with Gasteiger partial charge in [-0.15, -0.1) is 0 Å². The molecule has 0 aliphatic rings. The van der Waals surface area contributed by atoms with E-state index in [9.17, 15) is 18.0 Å². The van der Waals surface area contributed by atoms with E-state index in [1.54, 1.807) is 0 Å². The van der Waals surface area contributed by atoms with Crippen LogP contribution in [-0.2, 0) is 29.2 Å². The third kappa shape index (κ3) is 14.5. The van der Waals surface area contributed by atoms with Crippen LogP contribution in [0.3, 0.4) is 0 Å². The Morgan fingerprint density at radius 2 is 1.41 bits per heavy atom. The highest BCUT2D eigenvalue weighted by Crippen LogP contribution is 2.11. The van der Waals surface area contributed by atoms with Crippen LogP contribution in [0.15, 0.2) is 0 Å². The van der Waals surface area contributed by atoms with Gasteiger partial charge in [0.05, 0.1) is 13.0 Å². The van der Waals surface area contributed by atoms with Crippen molar-refractivity contribution in [2.45, 2.75) is 82.8 Å². The Labute approximate surface area is 162 Å². The molecule has 9 heteroatoms. The molecule has 0 heterocycles. The molecule has 0 aromatic carbocycles. The van der Waals surface area contributed by atoms with E-state index < -0.39 is 33.7 Å². The third-order valence-corrected chi connectivity index (χ3v) is 5.18. The van der Waals surface area contributed by atoms with Gasteiger partial charge in [0.25, 0.3) is 10.1 Å². The predicted octanol–water partition coefficient (Wildman–Crippen LogP) is 2.60. The highest BCUT2D eigenvalue weighted by atomic mass is 32.2. The third-order valence-electron chi connectivity index (χ3n) is 4.10. The smallest absolute Gasteiger partial charge is 0.327 e. The van der Waals surface area contributed by atoms with Crippen molar-refractivity contribution in [3.63, 3.8) is 0 Å². The van der Waals surface area contributed by atoms with Crippen molar-refractivity contribution < 1.29 is 32.0 Å². The highest BCUT2D eigenvalue weighted by Gasteiger charge is 2.35. The fraction of sp³-hybridized carbons (Fsp3) is 0.889. The summed E-state index contributed by atoms with van der Waals surface area (Å²) in [5.41, 5.74) is 5.16. The Morgan fingerprint density at radius 3 is 1.89 bits per heavy atom. The molecule has 8 nitrogen and oxygen atoms in total. The molecular formula is C18H35NO7S. The van der Waals surface area contributed by atoms with Crippen LogP contribution in [0, 0.1) is 0 Å². The summed E-state index contributed by atoms with van der Waals surface area (Å²) in [6.07, 6.45) is 10.6. The van der Waals surface area contributed by atoms with Crippen LogP contribution in [0.1, 0.15) is 77.6 Å². The summed E-state index contributed by atoms with van der Waals surface area (Å²) in [4.78, 5) is 23.3. The first-order valence-corrected chi connectivity index (χ1v) is 11.3. The van der Waals surface area contributed by atoms with Gasteiger partial charge in [0.2, 0.25) is 0 Å². The van der Waals surface area contributed by atoms with Crippen LogP contribution in [0.2, 0.25) is 0 Å². The van der Waals surface area contributed by atoms with Crippen molar-refractivity contribution in [1.29, 1.82) is 0 Å². The van der Waals surface area contributed by atoms with Crippen LogP contribution in [0.25, 0.3) is 0 Å². The zero-order chi connectivity index (χ0) is 20.5. The van der Waals surface area contributed by atoms with Crippen molar-refractivity contribution in [3.8, 4) is 0 Å². The number of carbonyl (C=O) groups is 2. The Bertz CT molecular complexity index is 508. The Kier molecular flexibility index (Phi) is 15.1. The lowest BCUT2D eigenvalue weighted by molar-refractivity contribution is -0.150. The maximum atomic E-state index is 11.7. The average Bonchev–Trinajstić information content (AvgIpc) is 2.61. The Morgan fingerprint density at radius 1 is 0.889 bits per heavy atom. The van der Waals surface area contributed by atoms with Crippen LogP contribution in [0.5, 0.6) is 0 Å². The molecule has 0 fully saturated rings. The topological polar surface area (TPSA) is 133 Å².